The van der Waals surface area contributed by atoms with Crippen molar-refractivity contribution in [3.05, 3.63) is 47.3 Å². The first-order chi connectivity index (χ1) is 9.88. The van der Waals surface area contributed by atoms with Crippen LogP contribution in [-0.2, 0) is 0 Å². The first kappa shape index (κ1) is 14.6. The van der Waals surface area contributed by atoms with Gasteiger partial charge in [0.25, 0.3) is 0 Å². The monoisotopic (exact) mass is 287 g/mol. The highest BCUT2D eigenvalue weighted by molar-refractivity contribution is 6.05. The van der Waals surface area contributed by atoms with Gasteiger partial charge in [0.1, 0.15) is 5.69 Å². The summed E-state index contributed by atoms with van der Waals surface area (Å²) in [5.41, 5.74) is 2.71. The van der Waals surface area contributed by atoms with E-state index in [0.717, 1.165) is 11.3 Å². The minimum Gasteiger partial charge on any atom is -0.477 e. The maximum absolute atomic E-state index is 12.2. The fourth-order valence-corrected chi connectivity index (χ4v) is 1.94. The van der Waals surface area contributed by atoms with Gasteiger partial charge in [-0.15, -0.1) is 0 Å². The Kier molecular flexibility index (Phi) is 3.98. The van der Waals surface area contributed by atoms with E-state index in [-0.39, 0.29) is 11.4 Å². The summed E-state index contributed by atoms with van der Waals surface area (Å²) in [6, 6.07) is 8.65. The van der Waals surface area contributed by atoms with Crippen molar-refractivity contribution in [3.8, 4) is 0 Å². The van der Waals surface area contributed by atoms with Crippen LogP contribution in [0.25, 0.3) is 0 Å². The number of carboxylic acid groups (broad SMARTS) is 1. The molecule has 0 saturated heterocycles. The molecule has 0 saturated carbocycles. The Hall–Kier alpha value is -2.76. The van der Waals surface area contributed by atoms with E-state index in [9.17, 15) is 9.59 Å². The highest BCUT2D eigenvalue weighted by atomic mass is 16.4. The molecule has 1 aromatic carbocycles. The van der Waals surface area contributed by atoms with Gasteiger partial charge in [-0.2, -0.15) is 0 Å². The molecule has 1 heterocycles. The lowest BCUT2D eigenvalue weighted by atomic mass is 10.2. The van der Waals surface area contributed by atoms with Crippen LogP contribution in [0, 0.1) is 13.8 Å². The number of aromatic amines is 1. The first-order valence-electron chi connectivity index (χ1n) is 6.42. The molecule has 3 N–H and O–H groups in total. The number of hydrogen-bond acceptors (Lipinski definition) is 2. The Morgan fingerprint density at radius 3 is 2.38 bits per heavy atom. The van der Waals surface area contributed by atoms with E-state index >= 15 is 0 Å². The van der Waals surface area contributed by atoms with Crippen LogP contribution >= 0.6 is 0 Å². The second kappa shape index (κ2) is 5.70. The number of aromatic carboxylic acids is 1. The van der Waals surface area contributed by atoms with Crippen LogP contribution in [0.3, 0.4) is 0 Å². The number of carbonyl (C=O) groups is 2. The Morgan fingerprint density at radius 1 is 1.19 bits per heavy atom. The van der Waals surface area contributed by atoms with E-state index in [0.29, 0.717) is 5.69 Å². The Bertz CT molecular complexity index is 674. The van der Waals surface area contributed by atoms with Crippen LogP contribution in [0.15, 0.2) is 30.3 Å². The lowest BCUT2D eigenvalue weighted by Gasteiger charge is -2.18. The van der Waals surface area contributed by atoms with Crippen LogP contribution in [0.5, 0.6) is 0 Å². The third-order valence-corrected chi connectivity index (χ3v) is 3.13. The van der Waals surface area contributed by atoms with Gasteiger partial charge in [0.15, 0.2) is 0 Å². The van der Waals surface area contributed by atoms with Gasteiger partial charge in [-0.3, -0.25) is 4.90 Å². The van der Waals surface area contributed by atoms with E-state index in [1.807, 2.05) is 31.2 Å². The van der Waals surface area contributed by atoms with Crippen molar-refractivity contribution >= 4 is 23.4 Å². The third kappa shape index (κ3) is 3.22. The van der Waals surface area contributed by atoms with Crippen molar-refractivity contribution in [1.82, 2.24) is 4.98 Å². The van der Waals surface area contributed by atoms with Crippen LogP contribution in [0.2, 0.25) is 0 Å². The van der Waals surface area contributed by atoms with Crippen molar-refractivity contribution in [2.45, 2.75) is 13.8 Å². The number of benzene rings is 1. The standard InChI is InChI=1S/C15H17N3O3/c1-9-4-6-11(7-5-9)18(3)15(21)17-12-8-10(2)16-13(12)14(19)20/h4-8,16H,1-3H3,(H,17,21)(H,19,20). The highest BCUT2D eigenvalue weighted by Crippen LogP contribution is 2.19. The van der Waals surface area contributed by atoms with E-state index in [1.54, 1.807) is 20.0 Å². The quantitative estimate of drug-likeness (QED) is 0.811. The van der Waals surface area contributed by atoms with Crippen LogP contribution in [0.4, 0.5) is 16.2 Å². The van der Waals surface area contributed by atoms with Crippen molar-refractivity contribution in [3.63, 3.8) is 0 Å². The maximum Gasteiger partial charge on any atom is 0.354 e. The Labute approximate surface area is 122 Å². The number of hydrogen-bond donors (Lipinski definition) is 3. The van der Waals surface area contributed by atoms with E-state index in [1.165, 1.54) is 4.90 Å². The number of nitrogens with zero attached hydrogens (tertiary/aromatic N) is 1. The zero-order valence-electron chi connectivity index (χ0n) is 12.1. The lowest BCUT2D eigenvalue weighted by Crippen LogP contribution is -2.31. The maximum atomic E-state index is 12.2. The summed E-state index contributed by atoms with van der Waals surface area (Å²) in [5, 5.41) is 11.7. The van der Waals surface area contributed by atoms with Gasteiger partial charge in [0, 0.05) is 18.4 Å². The van der Waals surface area contributed by atoms with Gasteiger partial charge >= 0.3 is 12.0 Å². The molecule has 0 unspecified atom stereocenters. The molecule has 6 heteroatoms. The molecule has 0 aliphatic heterocycles. The summed E-state index contributed by atoms with van der Waals surface area (Å²) < 4.78 is 0. The van der Waals surface area contributed by atoms with Crippen LogP contribution < -0.4 is 10.2 Å². The number of urea groups is 1. The fraction of sp³-hybridized carbons (Fsp3) is 0.200. The van der Waals surface area contributed by atoms with Crippen LogP contribution in [0.1, 0.15) is 21.7 Å². The normalized spacial score (nSPS) is 10.2. The van der Waals surface area contributed by atoms with Crippen LogP contribution in [-0.4, -0.2) is 29.1 Å². The molecule has 0 radical (unpaired) electrons. The molecule has 21 heavy (non-hydrogen) atoms. The molecule has 110 valence electrons. The minimum atomic E-state index is -1.11. The predicted molar refractivity (Wildman–Crippen MR) is 81.1 cm³/mol. The molecule has 0 fully saturated rings. The number of rotatable bonds is 3. The average Bonchev–Trinajstić information content (AvgIpc) is 2.80. The topological polar surface area (TPSA) is 85.4 Å². The van der Waals surface area contributed by atoms with Crippen molar-refractivity contribution in [2.24, 2.45) is 0 Å². The van der Waals surface area contributed by atoms with E-state index in [4.69, 9.17) is 5.11 Å². The van der Waals surface area contributed by atoms with Gasteiger partial charge in [0.2, 0.25) is 0 Å². The number of amides is 2. The number of anilines is 2. The third-order valence-electron chi connectivity index (χ3n) is 3.13. The van der Waals surface area contributed by atoms with Crippen molar-refractivity contribution in [1.29, 1.82) is 0 Å². The smallest absolute Gasteiger partial charge is 0.354 e. The molecule has 1 aromatic heterocycles. The second-order valence-electron chi connectivity index (χ2n) is 4.87. The molecular weight excluding hydrogens is 270 g/mol. The van der Waals surface area contributed by atoms with Gasteiger partial charge in [-0.1, -0.05) is 17.7 Å². The minimum absolute atomic E-state index is 0.0295. The SMILES string of the molecule is Cc1ccc(N(C)C(=O)Nc2cc(C)[nH]c2C(=O)O)cc1. The molecule has 0 aliphatic carbocycles. The Balaban J connectivity index is 2.18. The van der Waals surface area contributed by atoms with Gasteiger partial charge < -0.3 is 15.4 Å². The summed E-state index contributed by atoms with van der Waals surface area (Å²) in [6.45, 7) is 3.69. The van der Waals surface area contributed by atoms with Gasteiger partial charge in [0.05, 0.1) is 5.69 Å². The molecule has 0 atom stereocenters. The number of aromatic nitrogens is 1. The summed E-state index contributed by atoms with van der Waals surface area (Å²) in [4.78, 5) is 27.4. The molecule has 0 aliphatic rings. The number of H-pyrrole nitrogens is 1. The summed E-state index contributed by atoms with van der Waals surface area (Å²) in [6.07, 6.45) is 0. The largest absolute Gasteiger partial charge is 0.477 e. The zero-order chi connectivity index (χ0) is 15.6. The van der Waals surface area contributed by atoms with Crippen molar-refractivity contribution < 1.29 is 14.7 Å². The molecular formula is C15H17N3O3. The van der Waals surface area contributed by atoms with E-state index in [2.05, 4.69) is 10.3 Å². The molecule has 2 aromatic rings. The first-order valence-corrected chi connectivity index (χ1v) is 6.42. The van der Waals surface area contributed by atoms with E-state index < -0.39 is 12.0 Å². The molecule has 0 bridgehead atoms. The van der Waals surface area contributed by atoms with Crippen molar-refractivity contribution in [2.75, 3.05) is 17.3 Å². The zero-order valence-corrected chi connectivity index (χ0v) is 12.1. The predicted octanol–water partition coefficient (Wildman–Crippen LogP) is 3.00. The highest BCUT2D eigenvalue weighted by Gasteiger charge is 2.17. The Morgan fingerprint density at radius 2 is 1.81 bits per heavy atom. The second-order valence-corrected chi connectivity index (χ2v) is 4.87. The fourth-order valence-electron chi connectivity index (χ4n) is 1.94. The molecule has 6 nitrogen and oxygen atoms in total. The molecule has 0 spiro atoms. The molecule has 2 rings (SSSR count). The average molecular weight is 287 g/mol. The number of nitrogens with one attached hydrogen (secondary N) is 2. The summed E-state index contributed by atoms with van der Waals surface area (Å²) >= 11 is 0. The number of carbonyl (C=O) groups excluding carboxylic acids is 1. The summed E-state index contributed by atoms with van der Waals surface area (Å²) in [7, 11) is 1.62. The van der Waals surface area contributed by atoms with Gasteiger partial charge in [-0.25, -0.2) is 9.59 Å². The molecule has 2 amide bonds. The number of carboxylic acids is 1. The van der Waals surface area contributed by atoms with Gasteiger partial charge in [-0.05, 0) is 32.0 Å². The number of aryl methyl sites for hydroxylation is 2. The summed E-state index contributed by atoms with van der Waals surface area (Å²) in [5.74, 6) is -1.11. The lowest BCUT2D eigenvalue weighted by molar-refractivity contribution is 0.0692.